The maximum absolute atomic E-state index is 13.8. The first-order chi connectivity index (χ1) is 18.2. The van der Waals surface area contributed by atoms with Crippen molar-refractivity contribution in [3.8, 4) is 17.2 Å². The second-order valence-corrected chi connectivity index (χ2v) is 10.9. The average molecular weight is 548 g/mol. The zero-order valence-electron chi connectivity index (χ0n) is 22.4. The van der Waals surface area contributed by atoms with E-state index in [2.05, 4.69) is 5.32 Å². The van der Waals surface area contributed by atoms with E-state index in [0.29, 0.717) is 43.4 Å². The molecule has 1 aliphatic rings. The molecule has 38 heavy (non-hydrogen) atoms. The van der Waals surface area contributed by atoms with Crippen LogP contribution in [0.3, 0.4) is 0 Å². The lowest BCUT2D eigenvalue weighted by Gasteiger charge is -2.33. The van der Waals surface area contributed by atoms with E-state index in [1.165, 1.54) is 4.90 Å². The Labute approximate surface area is 224 Å². The van der Waals surface area contributed by atoms with Crippen molar-refractivity contribution >= 4 is 27.5 Å². The number of anilines is 1. The summed E-state index contributed by atoms with van der Waals surface area (Å²) < 4.78 is 43.2. The molecule has 1 N–H and O–H groups in total. The Kier molecular flexibility index (Phi) is 10.2. The highest BCUT2D eigenvalue weighted by atomic mass is 32.2. The SMILES string of the molecule is CCCCNC(=O)[C@@H](CC)N(Cc1cccc(OC)c1)C(=O)CN(c1ccc2c(c1)OCCO2)S(C)(=O)=O. The molecule has 0 saturated heterocycles. The Morgan fingerprint density at radius 3 is 2.47 bits per heavy atom. The third kappa shape index (κ3) is 7.53. The first-order valence-electron chi connectivity index (χ1n) is 12.7. The predicted octanol–water partition coefficient (Wildman–Crippen LogP) is 2.96. The van der Waals surface area contributed by atoms with Gasteiger partial charge >= 0.3 is 0 Å². The Morgan fingerprint density at radius 2 is 1.82 bits per heavy atom. The van der Waals surface area contributed by atoms with Crippen LogP contribution in [-0.4, -0.2) is 70.8 Å². The number of carbonyl (C=O) groups excluding carboxylic acids is 2. The quantitative estimate of drug-likeness (QED) is 0.384. The van der Waals surface area contributed by atoms with E-state index in [-0.39, 0.29) is 18.1 Å². The number of rotatable bonds is 13. The summed E-state index contributed by atoms with van der Waals surface area (Å²) in [4.78, 5) is 28.4. The standard InChI is InChI=1S/C27H37N3O7S/c1-5-7-13-28-27(32)23(6-2)29(18-20-9-8-10-22(16-20)35-3)26(31)19-30(38(4,33)34)21-11-12-24-25(17-21)37-15-14-36-24/h8-12,16-17,23H,5-7,13-15,18-19H2,1-4H3,(H,28,32)/t23-/m1/s1. The molecule has 0 aliphatic carbocycles. The van der Waals surface area contributed by atoms with Crippen molar-refractivity contribution in [1.82, 2.24) is 10.2 Å². The van der Waals surface area contributed by atoms with Gasteiger partial charge in [-0.3, -0.25) is 13.9 Å². The molecule has 0 bridgehead atoms. The molecule has 208 valence electrons. The molecule has 0 unspecified atom stereocenters. The molecule has 0 fully saturated rings. The van der Waals surface area contributed by atoms with Gasteiger partial charge in [0.05, 0.1) is 19.1 Å². The molecule has 1 atom stereocenters. The molecular weight excluding hydrogens is 510 g/mol. The van der Waals surface area contributed by atoms with Gasteiger partial charge in [0, 0.05) is 19.2 Å². The Bertz CT molecular complexity index is 1220. The highest BCUT2D eigenvalue weighted by molar-refractivity contribution is 7.92. The molecule has 1 heterocycles. The smallest absolute Gasteiger partial charge is 0.244 e. The second-order valence-electron chi connectivity index (χ2n) is 9.04. The van der Waals surface area contributed by atoms with Crippen LogP contribution < -0.4 is 23.8 Å². The Balaban J connectivity index is 1.93. The number of nitrogens with one attached hydrogen (secondary N) is 1. The summed E-state index contributed by atoms with van der Waals surface area (Å²) in [6.45, 7) is 4.71. The molecule has 10 nitrogen and oxygen atoms in total. The topological polar surface area (TPSA) is 114 Å². The van der Waals surface area contributed by atoms with Gasteiger partial charge in [0.2, 0.25) is 21.8 Å². The fourth-order valence-corrected chi connectivity index (χ4v) is 5.04. The summed E-state index contributed by atoms with van der Waals surface area (Å²) in [6, 6.07) is 11.2. The summed E-state index contributed by atoms with van der Waals surface area (Å²) in [5.74, 6) is 0.747. The third-order valence-electron chi connectivity index (χ3n) is 6.20. The van der Waals surface area contributed by atoms with Crippen LogP contribution in [0, 0.1) is 0 Å². The molecular formula is C27H37N3O7S. The van der Waals surface area contributed by atoms with E-state index >= 15 is 0 Å². The van der Waals surface area contributed by atoms with E-state index in [9.17, 15) is 18.0 Å². The Hall–Kier alpha value is -3.47. The number of unbranched alkanes of at least 4 members (excludes halogenated alkanes) is 1. The molecule has 3 rings (SSSR count). The fraction of sp³-hybridized carbons (Fsp3) is 0.481. The van der Waals surface area contributed by atoms with E-state index in [1.54, 1.807) is 43.5 Å². The minimum atomic E-state index is -3.86. The highest BCUT2D eigenvalue weighted by Crippen LogP contribution is 2.34. The minimum absolute atomic E-state index is 0.106. The van der Waals surface area contributed by atoms with Gasteiger partial charge in [-0.05, 0) is 42.7 Å². The van der Waals surface area contributed by atoms with Gasteiger partial charge in [0.1, 0.15) is 31.5 Å². The van der Waals surface area contributed by atoms with Crippen LogP contribution in [0.4, 0.5) is 5.69 Å². The number of benzene rings is 2. The number of amides is 2. The number of sulfonamides is 1. The number of nitrogens with zero attached hydrogens (tertiary/aromatic N) is 2. The van der Waals surface area contributed by atoms with E-state index in [4.69, 9.17) is 14.2 Å². The maximum Gasteiger partial charge on any atom is 0.244 e. The molecule has 0 radical (unpaired) electrons. The molecule has 1 aliphatic heterocycles. The van der Waals surface area contributed by atoms with Crippen molar-refractivity contribution < 1.29 is 32.2 Å². The van der Waals surface area contributed by atoms with Crippen LogP contribution in [0.25, 0.3) is 0 Å². The number of fused-ring (bicyclic) bond motifs is 1. The first kappa shape index (κ1) is 29.1. The summed E-state index contributed by atoms with van der Waals surface area (Å²) in [7, 11) is -2.31. The molecule has 2 amide bonds. The summed E-state index contributed by atoms with van der Waals surface area (Å²) in [6.07, 6.45) is 3.13. The highest BCUT2D eigenvalue weighted by Gasteiger charge is 2.32. The van der Waals surface area contributed by atoms with Crippen LogP contribution >= 0.6 is 0 Å². The molecule has 2 aromatic rings. The molecule has 0 spiro atoms. The lowest BCUT2D eigenvalue weighted by molar-refractivity contribution is -0.140. The zero-order chi connectivity index (χ0) is 27.7. The number of hydrogen-bond acceptors (Lipinski definition) is 7. The van der Waals surface area contributed by atoms with Crippen molar-refractivity contribution in [3.05, 3.63) is 48.0 Å². The van der Waals surface area contributed by atoms with Crippen molar-refractivity contribution in [2.75, 3.05) is 44.0 Å². The van der Waals surface area contributed by atoms with Crippen molar-refractivity contribution in [3.63, 3.8) is 0 Å². The first-order valence-corrected chi connectivity index (χ1v) is 14.6. The van der Waals surface area contributed by atoms with Crippen LogP contribution in [0.15, 0.2) is 42.5 Å². The zero-order valence-corrected chi connectivity index (χ0v) is 23.3. The summed E-state index contributed by atoms with van der Waals surface area (Å²) >= 11 is 0. The fourth-order valence-electron chi connectivity index (χ4n) is 4.19. The average Bonchev–Trinajstić information content (AvgIpc) is 2.90. The van der Waals surface area contributed by atoms with Gasteiger partial charge in [0.15, 0.2) is 11.5 Å². The maximum atomic E-state index is 13.8. The van der Waals surface area contributed by atoms with Crippen molar-refractivity contribution in [2.45, 2.75) is 45.7 Å². The third-order valence-corrected chi connectivity index (χ3v) is 7.34. The molecule has 2 aromatic carbocycles. The van der Waals surface area contributed by atoms with Gasteiger partial charge in [-0.2, -0.15) is 0 Å². The van der Waals surface area contributed by atoms with Gasteiger partial charge in [-0.25, -0.2) is 8.42 Å². The number of hydrogen-bond donors (Lipinski definition) is 1. The Morgan fingerprint density at radius 1 is 1.08 bits per heavy atom. The van der Waals surface area contributed by atoms with E-state index in [1.807, 2.05) is 19.9 Å². The minimum Gasteiger partial charge on any atom is -0.497 e. The number of carbonyl (C=O) groups is 2. The van der Waals surface area contributed by atoms with Crippen molar-refractivity contribution in [2.24, 2.45) is 0 Å². The van der Waals surface area contributed by atoms with Crippen LogP contribution in [0.1, 0.15) is 38.7 Å². The van der Waals surface area contributed by atoms with Gasteiger partial charge < -0.3 is 24.4 Å². The van der Waals surface area contributed by atoms with Crippen LogP contribution in [0.2, 0.25) is 0 Å². The predicted molar refractivity (Wildman–Crippen MR) is 145 cm³/mol. The van der Waals surface area contributed by atoms with Crippen LogP contribution in [-0.2, 0) is 26.2 Å². The van der Waals surface area contributed by atoms with E-state index in [0.717, 1.165) is 29.0 Å². The summed E-state index contributed by atoms with van der Waals surface area (Å²) in [5.41, 5.74) is 1.02. The van der Waals surface area contributed by atoms with Crippen LogP contribution in [0.5, 0.6) is 17.2 Å². The number of ether oxygens (including phenoxy) is 3. The number of methoxy groups -OCH3 is 1. The monoisotopic (exact) mass is 547 g/mol. The van der Waals surface area contributed by atoms with Gasteiger partial charge in [-0.1, -0.05) is 32.4 Å². The lowest BCUT2D eigenvalue weighted by Crippen LogP contribution is -2.52. The van der Waals surface area contributed by atoms with Gasteiger partial charge in [0.25, 0.3) is 0 Å². The second kappa shape index (κ2) is 13.4. The van der Waals surface area contributed by atoms with E-state index < -0.39 is 28.5 Å². The summed E-state index contributed by atoms with van der Waals surface area (Å²) in [5, 5.41) is 2.91. The molecule has 11 heteroatoms. The van der Waals surface area contributed by atoms with Gasteiger partial charge in [-0.15, -0.1) is 0 Å². The largest absolute Gasteiger partial charge is 0.497 e. The normalized spacial score (nSPS) is 13.4. The molecule has 0 aromatic heterocycles. The molecule has 0 saturated carbocycles. The van der Waals surface area contributed by atoms with Crippen molar-refractivity contribution in [1.29, 1.82) is 0 Å². The lowest BCUT2D eigenvalue weighted by atomic mass is 10.1.